The highest BCUT2D eigenvalue weighted by Gasteiger charge is 2.52. The molecule has 2 heterocycles. The zero-order valence-electron chi connectivity index (χ0n) is 7.25. The highest BCUT2D eigenvalue weighted by Crippen LogP contribution is 2.34. The zero-order valence-corrected chi connectivity index (χ0v) is 7.25. The van der Waals surface area contributed by atoms with Crippen LogP contribution in [0.2, 0.25) is 0 Å². The fraction of sp³-hybridized carbons (Fsp3) is 0.750. The van der Waals surface area contributed by atoms with Gasteiger partial charge in [0, 0.05) is 0 Å². The summed E-state index contributed by atoms with van der Waals surface area (Å²) in [6.45, 7) is 0.0723. The third-order valence-corrected chi connectivity index (χ3v) is 2.69. The molecule has 78 valence electrons. The molecule has 2 fully saturated rings. The number of fused-ring (bicyclic) bond motifs is 1. The minimum atomic E-state index is -0.997. The Kier molecular flexibility index (Phi) is 2.16. The van der Waals surface area contributed by atoms with Gasteiger partial charge in [0.1, 0.15) is 24.0 Å². The van der Waals surface area contributed by atoms with E-state index in [9.17, 15) is 9.59 Å². The summed E-state index contributed by atoms with van der Waals surface area (Å²) >= 11 is 0. The van der Waals surface area contributed by atoms with Crippen LogP contribution >= 0.6 is 0 Å². The minimum Gasteiger partial charge on any atom is -0.481 e. The standard InChI is InChI=1S/C8H10O6/c9-7(10)3-1-13-6-4(8(11)12)2-14-5(3)6/h3-6H,1-2H2,(H,9,10)(H,11,12)/t3-,4+,5-,6-/m1/s1. The number of hydrogen-bond acceptors (Lipinski definition) is 4. The Bertz CT molecular complexity index is 247. The number of aliphatic carboxylic acids is 2. The molecule has 0 radical (unpaired) electrons. The van der Waals surface area contributed by atoms with E-state index in [1.807, 2.05) is 0 Å². The van der Waals surface area contributed by atoms with Crippen LogP contribution < -0.4 is 0 Å². The highest BCUT2D eigenvalue weighted by atomic mass is 16.6. The van der Waals surface area contributed by atoms with Crippen LogP contribution in [-0.4, -0.2) is 47.6 Å². The van der Waals surface area contributed by atoms with Gasteiger partial charge in [-0.2, -0.15) is 0 Å². The molecule has 4 atom stereocenters. The third kappa shape index (κ3) is 1.27. The monoisotopic (exact) mass is 202 g/mol. The predicted molar refractivity (Wildman–Crippen MR) is 41.7 cm³/mol. The SMILES string of the molecule is O=C(O)[C@H]1CO[C@H]2[C@@H]1OC[C@H]2C(=O)O. The van der Waals surface area contributed by atoms with Crippen molar-refractivity contribution >= 4 is 11.9 Å². The van der Waals surface area contributed by atoms with Crippen molar-refractivity contribution in [2.45, 2.75) is 12.2 Å². The average molecular weight is 202 g/mol. The van der Waals surface area contributed by atoms with E-state index in [1.165, 1.54) is 0 Å². The lowest BCUT2D eigenvalue weighted by Gasteiger charge is -2.11. The molecule has 0 aromatic heterocycles. The Hall–Kier alpha value is -1.14. The van der Waals surface area contributed by atoms with Crippen molar-refractivity contribution in [3.63, 3.8) is 0 Å². The van der Waals surface area contributed by atoms with Crippen molar-refractivity contribution in [2.24, 2.45) is 11.8 Å². The number of ether oxygens (including phenoxy) is 2. The Morgan fingerprint density at radius 2 is 1.29 bits per heavy atom. The fourth-order valence-corrected chi connectivity index (χ4v) is 1.92. The molecular formula is C8H10O6. The summed E-state index contributed by atoms with van der Waals surface area (Å²) in [4.78, 5) is 21.4. The van der Waals surface area contributed by atoms with Crippen molar-refractivity contribution in [3.05, 3.63) is 0 Å². The average Bonchev–Trinajstić information content (AvgIpc) is 2.59. The van der Waals surface area contributed by atoms with Gasteiger partial charge in [-0.25, -0.2) is 0 Å². The van der Waals surface area contributed by atoms with Gasteiger partial charge in [-0.15, -0.1) is 0 Å². The van der Waals surface area contributed by atoms with E-state index >= 15 is 0 Å². The molecule has 6 heteroatoms. The van der Waals surface area contributed by atoms with Gasteiger partial charge in [0.15, 0.2) is 0 Å². The summed E-state index contributed by atoms with van der Waals surface area (Å²) in [5.74, 6) is -3.46. The smallest absolute Gasteiger partial charge is 0.311 e. The van der Waals surface area contributed by atoms with E-state index < -0.39 is 36.0 Å². The van der Waals surface area contributed by atoms with E-state index in [-0.39, 0.29) is 13.2 Å². The van der Waals surface area contributed by atoms with E-state index in [2.05, 4.69) is 0 Å². The summed E-state index contributed by atoms with van der Waals surface area (Å²) in [6.07, 6.45) is -1.21. The largest absolute Gasteiger partial charge is 0.481 e. The van der Waals surface area contributed by atoms with Gasteiger partial charge in [0.2, 0.25) is 0 Å². The normalized spacial score (nSPS) is 40.9. The lowest BCUT2D eigenvalue weighted by molar-refractivity contribution is -0.145. The molecule has 0 unspecified atom stereocenters. The van der Waals surface area contributed by atoms with Crippen molar-refractivity contribution in [2.75, 3.05) is 13.2 Å². The molecule has 0 aromatic rings. The molecule has 2 aliphatic heterocycles. The van der Waals surface area contributed by atoms with Crippen molar-refractivity contribution in [3.8, 4) is 0 Å². The summed E-state index contributed by atoms with van der Waals surface area (Å²) in [5.41, 5.74) is 0. The van der Waals surface area contributed by atoms with Crippen molar-refractivity contribution in [1.82, 2.24) is 0 Å². The Morgan fingerprint density at radius 1 is 0.929 bits per heavy atom. The van der Waals surface area contributed by atoms with Gasteiger partial charge >= 0.3 is 11.9 Å². The number of carboxylic acid groups (broad SMARTS) is 2. The summed E-state index contributed by atoms with van der Waals surface area (Å²) in [5, 5.41) is 17.6. The molecule has 0 bridgehead atoms. The molecule has 2 aliphatic rings. The second-order valence-electron chi connectivity index (χ2n) is 3.49. The molecule has 0 saturated carbocycles. The van der Waals surface area contributed by atoms with Crippen LogP contribution in [-0.2, 0) is 19.1 Å². The number of rotatable bonds is 2. The zero-order chi connectivity index (χ0) is 10.3. The fourth-order valence-electron chi connectivity index (χ4n) is 1.92. The molecule has 14 heavy (non-hydrogen) atoms. The van der Waals surface area contributed by atoms with Gasteiger partial charge in [-0.05, 0) is 0 Å². The Balaban J connectivity index is 2.11. The Labute approximate surface area is 79.4 Å². The lowest BCUT2D eigenvalue weighted by Crippen LogP contribution is -2.32. The number of hydrogen-bond donors (Lipinski definition) is 2. The first kappa shape index (κ1) is 9.42. The topological polar surface area (TPSA) is 93.1 Å². The highest BCUT2D eigenvalue weighted by molar-refractivity contribution is 5.74. The van der Waals surface area contributed by atoms with Crippen LogP contribution in [0, 0.1) is 11.8 Å². The second kappa shape index (κ2) is 3.21. The maximum Gasteiger partial charge on any atom is 0.311 e. The molecular weight excluding hydrogens is 192 g/mol. The quantitative estimate of drug-likeness (QED) is 0.608. The molecule has 0 spiro atoms. The van der Waals surface area contributed by atoms with Crippen LogP contribution in [0.25, 0.3) is 0 Å². The lowest BCUT2D eigenvalue weighted by atomic mass is 9.97. The third-order valence-electron chi connectivity index (χ3n) is 2.69. The summed E-state index contributed by atoms with van der Waals surface area (Å²) in [6, 6.07) is 0. The van der Waals surface area contributed by atoms with Gasteiger partial charge in [-0.3, -0.25) is 9.59 Å². The number of carboxylic acids is 2. The van der Waals surface area contributed by atoms with Crippen molar-refractivity contribution in [1.29, 1.82) is 0 Å². The van der Waals surface area contributed by atoms with Gasteiger partial charge in [-0.1, -0.05) is 0 Å². The molecule has 2 N–H and O–H groups in total. The van der Waals surface area contributed by atoms with E-state index in [0.29, 0.717) is 0 Å². The molecule has 2 rings (SSSR count). The molecule has 0 aromatic carbocycles. The summed E-state index contributed by atoms with van der Waals surface area (Å²) in [7, 11) is 0. The van der Waals surface area contributed by atoms with E-state index in [4.69, 9.17) is 19.7 Å². The molecule has 0 amide bonds. The maximum absolute atomic E-state index is 10.7. The first-order chi connectivity index (χ1) is 6.61. The van der Waals surface area contributed by atoms with Crippen LogP contribution in [0.5, 0.6) is 0 Å². The van der Waals surface area contributed by atoms with Gasteiger partial charge in [0.25, 0.3) is 0 Å². The molecule has 0 aliphatic carbocycles. The maximum atomic E-state index is 10.7. The first-order valence-electron chi connectivity index (χ1n) is 4.30. The van der Waals surface area contributed by atoms with Gasteiger partial charge in [0.05, 0.1) is 13.2 Å². The van der Waals surface area contributed by atoms with E-state index in [1.54, 1.807) is 0 Å². The van der Waals surface area contributed by atoms with Crippen LogP contribution in [0.3, 0.4) is 0 Å². The molecule has 6 nitrogen and oxygen atoms in total. The first-order valence-corrected chi connectivity index (χ1v) is 4.30. The van der Waals surface area contributed by atoms with Gasteiger partial charge < -0.3 is 19.7 Å². The van der Waals surface area contributed by atoms with E-state index in [0.717, 1.165) is 0 Å². The van der Waals surface area contributed by atoms with Crippen LogP contribution in [0.15, 0.2) is 0 Å². The minimum absolute atomic E-state index is 0.0362. The Morgan fingerprint density at radius 3 is 1.57 bits per heavy atom. The van der Waals surface area contributed by atoms with Crippen LogP contribution in [0.1, 0.15) is 0 Å². The molecule has 2 saturated heterocycles. The second-order valence-corrected chi connectivity index (χ2v) is 3.49. The predicted octanol–water partition coefficient (Wildman–Crippen LogP) is -0.814. The van der Waals surface area contributed by atoms with Crippen molar-refractivity contribution < 1.29 is 29.3 Å². The van der Waals surface area contributed by atoms with Crippen LogP contribution in [0.4, 0.5) is 0 Å². The summed E-state index contributed by atoms with van der Waals surface area (Å²) < 4.78 is 10.3. The number of carbonyl (C=O) groups is 2.